The van der Waals surface area contributed by atoms with Gasteiger partial charge in [0.2, 0.25) is 0 Å². The van der Waals surface area contributed by atoms with Crippen molar-refractivity contribution in [1.82, 2.24) is 0 Å². The smallest absolute Gasteiger partial charge is 0.0575 e. The largest absolute Gasteiger partial charge is 0.378 e. The summed E-state index contributed by atoms with van der Waals surface area (Å²) < 4.78 is 5.85. The second-order valence-electron chi connectivity index (χ2n) is 7.60. The number of rotatable bonds is 6. The summed E-state index contributed by atoms with van der Waals surface area (Å²) in [5, 5.41) is 0. The lowest BCUT2D eigenvalue weighted by Crippen LogP contribution is -2.21. The number of ether oxygens (including phenoxy) is 1. The minimum absolute atomic E-state index is 0.506. The van der Waals surface area contributed by atoms with Crippen LogP contribution < -0.4 is 0 Å². The van der Waals surface area contributed by atoms with Crippen LogP contribution >= 0.6 is 0 Å². The van der Waals surface area contributed by atoms with E-state index < -0.39 is 0 Å². The molecule has 24 heavy (non-hydrogen) atoms. The molecular formula is C23H36O. The molecule has 0 aromatic rings. The Morgan fingerprint density at radius 2 is 1.33 bits per heavy atom. The molecular weight excluding hydrogens is 292 g/mol. The number of hydrogen-bond acceptors (Lipinski definition) is 1. The van der Waals surface area contributed by atoms with Gasteiger partial charge in [-0.1, -0.05) is 44.3 Å². The van der Waals surface area contributed by atoms with Gasteiger partial charge in [0.25, 0.3) is 0 Å². The van der Waals surface area contributed by atoms with Crippen LogP contribution in [0.2, 0.25) is 0 Å². The summed E-state index contributed by atoms with van der Waals surface area (Å²) in [4.78, 5) is 0. The van der Waals surface area contributed by atoms with E-state index in [2.05, 4.69) is 50.0 Å². The molecule has 0 aromatic heterocycles. The molecule has 0 heterocycles. The molecule has 0 N–H and O–H groups in total. The lowest BCUT2D eigenvalue weighted by molar-refractivity contribution is 0.0227. The quantitative estimate of drug-likeness (QED) is 0.520. The van der Waals surface area contributed by atoms with Crippen LogP contribution in [-0.2, 0) is 4.74 Å². The maximum absolute atomic E-state index is 5.85. The van der Waals surface area contributed by atoms with E-state index in [1.807, 2.05) is 0 Å². The fraction of sp³-hybridized carbons (Fsp3) is 0.739. The maximum atomic E-state index is 5.85. The highest BCUT2D eigenvalue weighted by molar-refractivity contribution is 5.24. The van der Waals surface area contributed by atoms with Gasteiger partial charge in [0.05, 0.1) is 6.10 Å². The highest BCUT2D eigenvalue weighted by Crippen LogP contribution is 2.31. The lowest BCUT2D eigenvalue weighted by Gasteiger charge is -2.26. The van der Waals surface area contributed by atoms with Crippen LogP contribution in [0.4, 0.5) is 0 Å². The van der Waals surface area contributed by atoms with Crippen molar-refractivity contribution >= 4 is 0 Å². The number of allylic oxidation sites excluding steroid dienone is 4. The van der Waals surface area contributed by atoms with E-state index in [9.17, 15) is 0 Å². The average Bonchev–Trinajstić information content (AvgIpc) is 2.64. The predicted molar refractivity (Wildman–Crippen MR) is 104 cm³/mol. The van der Waals surface area contributed by atoms with Gasteiger partial charge in [-0.3, -0.25) is 0 Å². The van der Waals surface area contributed by atoms with E-state index in [1.165, 1.54) is 57.8 Å². The first-order chi connectivity index (χ1) is 11.8. The van der Waals surface area contributed by atoms with E-state index in [-0.39, 0.29) is 0 Å². The minimum atomic E-state index is 0.506. The topological polar surface area (TPSA) is 9.23 Å². The van der Waals surface area contributed by atoms with Gasteiger partial charge in [-0.15, -0.1) is 0 Å². The van der Waals surface area contributed by atoms with Gasteiger partial charge in [0.15, 0.2) is 0 Å². The summed E-state index contributed by atoms with van der Waals surface area (Å²) in [6.45, 7) is 5.42. The molecule has 2 rings (SSSR count). The summed E-state index contributed by atoms with van der Waals surface area (Å²) in [7, 11) is 0. The Labute approximate surface area is 149 Å². The van der Waals surface area contributed by atoms with E-state index in [0.29, 0.717) is 12.0 Å². The highest BCUT2D eigenvalue weighted by Gasteiger charge is 2.19. The molecule has 134 valence electrons. The molecule has 0 aromatic carbocycles. The summed E-state index contributed by atoms with van der Waals surface area (Å²) in [5.41, 5.74) is 0. The zero-order valence-electron chi connectivity index (χ0n) is 15.8. The Hall–Kier alpha value is -1.00. The van der Waals surface area contributed by atoms with Crippen molar-refractivity contribution in [3.05, 3.63) is 24.3 Å². The normalized spacial score (nSPS) is 31.2. The first kappa shape index (κ1) is 19.3. The second-order valence-corrected chi connectivity index (χ2v) is 7.60. The van der Waals surface area contributed by atoms with Gasteiger partial charge >= 0.3 is 0 Å². The minimum Gasteiger partial charge on any atom is -0.378 e. The Bertz CT molecular complexity index is 434. The first-order valence-electron chi connectivity index (χ1n) is 10.3. The molecule has 2 aliphatic carbocycles. The standard InChI is InChI=1S/C23H36O/c1-3-19-24-23-17-15-22(16-18-23)10-8-6-5-7-9-21-13-11-20(4-2)12-14-21/h7-10,20-23H,3-4,11-19H2,1-2H3/b9-7+,10-8+/t20-,21-,22-,23-. The van der Waals surface area contributed by atoms with Crippen LogP contribution in [0.25, 0.3) is 0 Å². The monoisotopic (exact) mass is 328 g/mol. The van der Waals surface area contributed by atoms with Gasteiger partial charge in [0.1, 0.15) is 0 Å². The van der Waals surface area contributed by atoms with Crippen molar-refractivity contribution in [3.8, 4) is 11.8 Å². The Kier molecular flexibility index (Phi) is 9.29. The predicted octanol–water partition coefficient (Wildman–Crippen LogP) is 6.30. The molecule has 1 nitrogen and oxygen atoms in total. The molecule has 0 saturated heterocycles. The first-order valence-corrected chi connectivity index (χ1v) is 10.3. The zero-order chi connectivity index (χ0) is 17.0. The summed E-state index contributed by atoms with van der Waals surface area (Å²) in [6.07, 6.45) is 22.2. The van der Waals surface area contributed by atoms with Crippen molar-refractivity contribution in [2.45, 2.75) is 84.2 Å². The molecule has 0 atom stereocenters. The molecule has 0 radical (unpaired) electrons. The van der Waals surface area contributed by atoms with Gasteiger partial charge in [0, 0.05) is 6.61 Å². The molecule has 2 fully saturated rings. The van der Waals surface area contributed by atoms with Crippen molar-refractivity contribution in [2.75, 3.05) is 6.61 Å². The van der Waals surface area contributed by atoms with E-state index in [1.54, 1.807) is 0 Å². The molecule has 0 spiro atoms. The van der Waals surface area contributed by atoms with Gasteiger partial charge in [-0.2, -0.15) is 0 Å². The Balaban J connectivity index is 1.61. The fourth-order valence-electron chi connectivity index (χ4n) is 3.99. The fourth-order valence-corrected chi connectivity index (χ4v) is 3.99. The van der Waals surface area contributed by atoms with E-state index >= 15 is 0 Å². The summed E-state index contributed by atoms with van der Waals surface area (Å²) in [6, 6.07) is 0. The van der Waals surface area contributed by atoms with Crippen LogP contribution in [0.5, 0.6) is 0 Å². The second kappa shape index (κ2) is 11.5. The zero-order valence-corrected chi connectivity index (χ0v) is 15.8. The Morgan fingerprint density at radius 1 is 0.792 bits per heavy atom. The molecule has 0 bridgehead atoms. The molecule has 0 amide bonds. The maximum Gasteiger partial charge on any atom is 0.0575 e. The lowest BCUT2D eigenvalue weighted by atomic mass is 9.81. The third-order valence-electron chi connectivity index (χ3n) is 5.73. The summed E-state index contributed by atoms with van der Waals surface area (Å²) in [5.74, 6) is 8.83. The molecule has 1 heteroatoms. The van der Waals surface area contributed by atoms with E-state index in [4.69, 9.17) is 4.74 Å². The highest BCUT2D eigenvalue weighted by atomic mass is 16.5. The van der Waals surface area contributed by atoms with Crippen LogP contribution in [0, 0.1) is 29.6 Å². The molecule has 0 aliphatic heterocycles. The van der Waals surface area contributed by atoms with Crippen molar-refractivity contribution in [3.63, 3.8) is 0 Å². The van der Waals surface area contributed by atoms with Gasteiger partial charge < -0.3 is 4.74 Å². The van der Waals surface area contributed by atoms with Crippen molar-refractivity contribution < 1.29 is 4.74 Å². The SMILES string of the molecule is CCCO[C@H]1CC[C@H](/C=C/C#C/C=C/[C@H]2CC[C@H](CC)CC2)CC1. The molecule has 2 saturated carbocycles. The van der Waals surface area contributed by atoms with Crippen molar-refractivity contribution in [1.29, 1.82) is 0 Å². The van der Waals surface area contributed by atoms with Crippen LogP contribution in [0.15, 0.2) is 24.3 Å². The van der Waals surface area contributed by atoms with Gasteiger partial charge in [-0.25, -0.2) is 0 Å². The third-order valence-corrected chi connectivity index (χ3v) is 5.73. The van der Waals surface area contributed by atoms with E-state index in [0.717, 1.165) is 24.9 Å². The van der Waals surface area contributed by atoms with Crippen LogP contribution in [0.1, 0.15) is 78.1 Å². The molecule has 0 unspecified atom stereocenters. The van der Waals surface area contributed by atoms with Crippen molar-refractivity contribution in [2.24, 2.45) is 17.8 Å². The summed E-state index contributed by atoms with van der Waals surface area (Å²) >= 11 is 0. The number of hydrogen-bond donors (Lipinski definition) is 0. The van der Waals surface area contributed by atoms with Crippen LogP contribution in [0.3, 0.4) is 0 Å². The van der Waals surface area contributed by atoms with Gasteiger partial charge in [-0.05, 0) is 87.7 Å². The molecule has 2 aliphatic rings. The average molecular weight is 329 g/mol. The van der Waals surface area contributed by atoms with Crippen LogP contribution in [-0.4, -0.2) is 12.7 Å². The third kappa shape index (κ3) is 7.27. The Morgan fingerprint density at radius 3 is 1.83 bits per heavy atom.